The summed E-state index contributed by atoms with van der Waals surface area (Å²) in [5.41, 5.74) is 5.03. The molecule has 1 heterocycles. The molecule has 112 valence electrons. The van der Waals surface area contributed by atoms with E-state index in [1.807, 2.05) is 12.4 Å². The van der Waals surface area contributed by atoms with E-state index in [1.165, 1.54) is 22.5 Å². The second-order valence-electron chi connectivity index (χ2n) is 5.21. The van der Waals surface area contributed by atoms with Gasteiger partial charge in [-0.25, -0.2) is 0 Å². The largest absolute Gasteiger partial charge is 0.340 e. The van der Waals surface area contributed by atoms with Gasteiger partial charge in [0, 0.05) is 25.0 Å². The van der Waals surface area contributed by atoms with E-state index >= 15 is 0 Å². The molecule has 0 amide bonds. The number of hydrogen-bond donors (Lipinski definition) is 1. The summed E-state index contributed by atoms with van der Waals surface area (Å²) in [4.78, 5) is 6.67. The molecule has 1 aromatic carbocycles. The van der Waals surface area contributed by atoms with E-state index in [2.05, 4.69) is 66.3 Å². The van der Waals surface area contributed by atoms with Gasteiger partial charge >= 0.3 is 0 Å². The molecule has 3 nitrogen and oxygen atoms in total. The minimum absolute atomic E-state index is 0.883. The van der Waals surface area contributed by atoms with Crippen molar-refractivity contribution in [2.75, 3.05) is 18.0 Å². The normalized spacial score (nSPS) is 10.6. The van der Waals surface area contributed by atoms with Crippen LogP contribution in [0.1, 0.15) is 31.4 Å². The first-order chi connectivity index (χ1) is 10.3. The molecule has 1 N–H and O–H groups in total. The highest BCUT2D eigenvalue weighted by Gasteiger charge is 2.13. The number of nitrogens with zero attached hydrogens (tertiary/aromatic N) is 2. The van der Waals surface area contributed by atoms with E-state index in [0.717, 1.165) is 26.1 Å². The lowest BCUT2D eigenvalue weighted by Gasteiger charge is -2.27. The van der Waals surface area contributed by atoms with Crippen molar-refractivity contribution in [2.45, 2.75) is 33.7 Å². The Kier molecular flexibility index (Phi) is 5.76. The molecule has 0 atom stereocenters. The Labute approximate surface area is 128 Å². The smallest absolute Gasteiger partial charge is 0.0642 e. The minimum atomic E-state index is 0.883. The summed E-state index contributed by atoms with van der Waals surface area (Å²) in [6.07, 6.45) is 4.99. The summed E-state index contributed by atoms with van der Waals surface area (Å²) in [6.45, 7) is 9.38. The number of aromatic nitrogens is 1. The Morgan fingerprint density at radius 1 is 1.10 bits per heavy atom. The van der Waals surface area contributed by atoms with Crippen LogP contribution in [0, 0.1) is 6.92 Å². The van der Waals surface area contributed by atoms with Gasteiger partial charge in [-0.3, -0.25) is 4.98 Å². The molecule has 0 aliphatic carbocycles. The topological polar surface area (TPSA) is 28.2 Å². The van der Waals surface area contributed by atoms with Crippen LogP contribution in [0.5, 0.6) is 0 Å². The fraction of sp³-hybridized carbons (Fsp3) is 0.389. The Morgan fingerprint density at radius 3 is 2.62 bits per heavy atom. The van der Waals surface area contributed by atoms with Gasteiger partial charge < -0.3 is 10.2 Å². The molecule has 2 aromatic rings. The predicted molar refractivity (Wildman–Crippen MR) is 90.1 cm³/mol. The van der Waals surface area contributed by atoms with Gasteiger partial charge in [0.25, 0.3) is 0 Å². The molecule has 3 heteroatoms. The van der Waals surface area contributed by atoms with Crippen LogP contribution in [-0.2, 0) is 6.54 Å². The summed E-state index contributed by atoms with van der Waals surface area (Å²) in [7, 11) is 0. The molecular formula is C18H25N3. The van der Waals surface area contributed by atoms with Crippen LogP contribution in [0.3, 0.4) is 0 Å². The van der Waals surface area contributed by atoms with Crippen LogP contribution in [-0.4, -0.2) is 18.1 Å². The van der Waals surface area contributed by atoms with Crippen molar-refractivity contribution in [3.05, 3.63) is 53.9 Å². The van der Waals surface area contributed by atoms with Crippen molar-refractivity contribution in [2.24, 2.45) is 0 Å². The van der Waals surface area contributed by atoms with Crippen LogP contribution < -0.4 is 10.2 Å². The van der Waals surface area contributed by atoms with Crippen molar-refractivity contribution < 1.29 is 0 Å². The van der Waals surface area contributed by atoms with Gasteiger partial charge in [-0.05, 0) is 50.1 Å². The Bertz CT molecular complexity index is 566. The van der Waals surface area contributed by atoms with Crippen LogP contribution in [0.4, 0.5) is 11.4 Å². The molecule has 0 bridgehead atoms. The van der Waals surface area contributed by atoms with Crippen LogP contribution in [0.15, 0.2) is 42.7 Å². The van der Waals surface area contributed by atoms with Gasteiger partial charge in [-0.2, -0.15) is 0 Å². The number of pyridine rings is 1. The highest BCUT2D eigenvalue weighted by molar-refractivity contribution is 5.68. The SMILES string of the molecule is CCCNCc1ccncc1N(CC)c1ccccc1C. The maximum absolute atomic E-state index is 4.33. The third kappa shape index (κ3) is 3.82. The lowest BCUT2D eigenvalue weighted by molar-refractivity contribution is 0.674. The summed E-state index contributed by atoms with van der Waals surface area (Å²) in [5, 5.41) is 3.48. The van der Waals surface area contributed by atoms with Gasteiger partial charge in [0.15, 0.2) is 0 Å². The van der Waals surface area contributed by atoms with Gasteiger partial charge in [-0.1, -0.05) is 25.1 Å². The zero-order chi connectivity index (χ0) is 15.1. The van der Waals surface area contributed by atoms with E-state index < -0.39 is 0 Å². The standard InChI is InChI=1S/C18H25N3/c1-4-11-19-13-16-10-12-20-14-18(16)21(5-2)17-9-7-6-8-15(17)3/h6-10,12,14,19H,4-5,11,13H2,1-3H3. The summed E-state index contributed by atoms with van der Waals surface area (Å²) >= 11 is 0. The fourth-order valence-electron chi connectivity index (χ4n) is 2.54. The predicted octanol–water partition coefficient (Wildman–Crippen LogP) is 4.05. The summed E-state index contributed by atoms with van der Waals surface area (Å²) < 4.78 is 0. The average Bonchev–Trinajstić information content (AvgIpc) is 2.51. The van der Waals surface area contributed by atoms with Gasteiger partial charge in [0.2, 0.25) is 0 Å². The highest BCUT2D eigenvalue weighted by Crippen LogP contribution is 2.30. The van der Waals surface area contributed by atoms with Crippen LogP contribution in [0.25, 0.3) is 0 Å². The third-order valence-corrected chi connectivity index (χ3v) is 3.64. The van der Waals surface area contributed by atoms with E-state index in [0.29, 0.717) is 0 Å². The number of anilines is 2. The first-order valence-corrected chi connectivity index (χ1v) is 7.74. The maximum atomic E-state index is 4.33. The molecule has 0 spiro atoms. The first-order valence-electron chi connectivity index (χ1n) is 7.74. The number of nitrogens with one attached hydrogen (secondary N) is 1. The van der Waals surface area contributed by atoms with Gasteiger partial charge in [-0.15, -0.1) is 0 Å². The van der Waals surface area contributed by atoms with Crippen molar-refractivity contribution in [3.63, 3.8) is 0 Å². The average molecular weight is 283 g/mol. The molecule has 0 radical (unpaired) electrons. The zero-order valence-corrected chi connectivity index (χ0v) is 13.3. The first kappa shape index (κ1) is 15.5. The van der Waals surface area contributed by atoms with Gasteiger partial charge in [0.1, 0.15) is 0 Å². The fourth-order valence-corrected chi connectivity index (χ4v) is 2.54. The summed E-state index contributed by atoms with van der Waals surface area (Å²) in [5.74, 6) is 0. The number of benzene rings is 1. The minimum Gasteiger partial charge on any atom is -0.340 e. The number of aryl methyl sites for hydroxylation is 1. The molecule has 0 saturated carbocycles. The molecule has 0 saturated heterocycles. The van der Waals surface area contributed by atoms with E-state index in [-0.39, 0.29) is 0 Å². The van der Waals surface area contributed by atoms with Crippen molar-refractivity contribution in [3.8, 4) is 0 Å². The van der Waals surface area contributed by atoms with Crippen molar-refractivity contribution >= 4 is 11.4 Å². The molecule has 1 aromatic heterocycles. The second-order valence-corrected chi connectivity index (χ2v) is 5.21. The zero-order valence-electron chi connectivity index (χ0n) is 13.3. The monoisotopic (exact) mass is 283 g/mol. The molecule has 21 heavy (non-hydrogen) atoms. The Hall–Kier alpha value is -1.87. The molecule has 0 aliphatic heterocycles. The Balaban J connectivity index is 2.32. The molecule has 0 aliphatic rings. The van der Waals surface area contributed by atoms with E-state index in [1.54, 1.807) is 0 Å². The lowest BCUT2D eigenvalue weighted by Crippen LogP contribution is -2.21. The molecule has 0 unspecified atom stereocenters. The molecular weight excluding hydrogens is 258 g/mol. The third-order valence-electron chi connectivity index (χ3n) is 3.64. The maximum Gasteiger partial charge on any atom is 0.0642 e. The molecule has 2 rings (SSSR count). The van der Waals surface area contributed by atoms with Crippen molar-refractivity contribution in [1.82, 2.24) is 10.3 Å². The Morgan fingerprint density at radius 2 is 1.90 bits per heavy atom. The quantitative estimate of drug-likeness (QED) is 0.777. The molecule has 0 fully saturated rings. The van der Waals surface area contributed by atoms with Gasteiger partial charge in [0.05, 0.1) is 11.9 Å². The van der Waals surface area contributed by atoms with Crippen LogP contribution in [0.2, 0.25) is 0 Å². The van der Waals surface area contributed by atoms with E-state index in [9.17, 15) is 0 Å². The lowest BCUT2D eigenvalue weighted by atomic mass is 10.1. The summed E-state index contributed by atoms with van der Waals surface area (Å²) in [6, 6.07) is 10.6. The number of hydrogen-bond acceptors (Lipinski definition) is 3. The van der Waals surface area contributed by atoms with Crippen molar-refractivity contribution in [1.29, 1.82) is 0 Å². The second kappa shape index (κ2) is 7.79. The number of para-hydroxylation sites is 1. The highest BCUT2D eigenvalue weighted by atomic mass is 15.1. The van der Waals surface area contributed by atoms with Crippen LogP contribution >= 0.6 is 0 Å². The number of rotatable bonds is 7. The van der Waals surface area contributed by atoms with E-state index in [4.69, 9.17) is 0 Å².